The van der Waals surface area contributed by atoms with Crippen LogP contribution >= 0.6 is 24.0 Å². The number of ether oxygens (including phenoxy) is 1. The Morgan fingerprint density at radius 1 is 1.25 bits per heavy atom. The van der Waals surface area contributed by atoms with E-state index in [1.807, 2.05) is 19.3 Å². The van der Waals surface area contributed by atoms with Gasteiger partial charge in [0.05, 0.1) is 13.2 Å². The quantitative estimate of drug-likeness (QED) is 0.232. The summed E-state index contributed by atoms with van der Waals surface area (Å²) in [5.41, 5.74) is 1.45. The van der Waals surface area contributed by atoms with Crippen molar-refractivity contribution in [2.75, 3.05) is 44.8 Å². The summed E-state index contributed by atoms with van der Waals surface area (Å²) < 4.78 is 5.46. The molecular weight excluding hydrogens is 465 g/mol. The second kappa shape index (κ2) is 13.2. The van der Waals surface area contributed by atoms with Gasteiger partial charge in [0.1, 0.15) is 5.82 Å². The Morgan fingerprint density at radius 2 is 2.00 bits per heavy atom. The summed E-state index contributed by atoms with van der Waals surface area (Å²) in [6.07, 6.45) is 6.95. The summed E-state index contributed by atoms with van der Waals surface area (Å²) in [7, 11) is 1.82. The predicted octanol–water partition coefficient (Wildman–Crippen LogP) is 3.81. The van der Waals surface area contributed by atoms with Crippen molar-refractivity contribution in [3.8, 4) is 0 Å². The molecule has 1 aliphatic rings. The van der Waals surface area contributed by atoms with Crippen molar-refractivity contribution in [1.29, 1.82) is 0 Å². The minimum atomic E-state index is 0. The fraction of sp³-hybridized carbons (Fsp3) is 0.714. The molecule has 160 valence electrons. The zero-order valence-electron chi connectivity index (χ0n) is 18.0. The number of anilines is 1. The van der Waals surface area contributed by atoms with Crippen LogP contribution in [0.5, 0.6) is 0 Å². The number of hydrogen-bond acceptors (Lipinski definition) is 4. The second-order valence-electron chi connectivity index (χ2n) is 7.99. The molecule has 1 aliphatic heterocycles. The van der Waals surface area contributed by atoms with E-state index >= 15 is 0 Å². The number of pyridine rings is 1. The summed E-state index contributed by atoms with van der Waals surface area (Å²) in [6.45, 7) is 11.8. The van der Waals surface area contributed by atoms with Gasteiger partial charge in [-0.15, -0.1) is 24.0 Å². The van der Waals surface area contributed by atoms with Crippen molar-refractivity contribution >= 4 is 35.8 Å². The molecule has 1 aromatic heterocycles. The van der Waals surface area contributed by atoms with Crippen molar-refractivity contribution in [3.05, 3.63) is 23.9 Å². The van der Waals surface area contributed by atoms with Crippen LogP contribution in [0.25, 0.3) is 0 Å². The number of hydrogen-bond donors (Lipinski definition) is 2. The Hall–Kier alpha value is -1.09. The van der Waals surface area contributed by atoms with Gasteiger partial charge in [-0.3, -0.25) is 4.99 Å². The predicted molar refractivity (Wildman–Crippen MR) is 129 cm³/mol. The first-order valence-electron chi connectivity index (χ1n) is 10.3. The molecule has 2 rings (SSSR count). The number of rotatable bonds is 9. The molecule has 7 heteroatoms. The molecule has 1 aromatic rings. The van der Waals surface area contributed by atoms with Crippen molar-refractivity contribution in [2.45, 2.75) is 53.0 Å². The number of unbranched alkanes of at least 4 members (excludes halogenated alkanes) is 2. The number of aliphatic imine (C=N–C) groups is 1. The minimum absolute atomic E-state index is 0. The van der Waals surface area contributed by atoms with Gasteiger partial charge in [0.25, 0.3) is 0 Å². The molecule has 2 heterocycles. The van der Waals surface area contributed by atoms with E-state index in [9.17, 15) is 0 Å². The first-order chi connectivity index (χ1) is 13.1. The van der Waals surface area contributed by atoms with Gasteiger partial charge in [0, 0.05) is 45.0 Å². The Morgan fingerprint density at radius 3 is 2.68 bits per heavy atom. The van der Waals surface area contributed by atoms with Gasteiger partial charge in [-0.2, -0.15) is 0 Å². The lowest BCUT2D eigenvalue weighted by molar-refractivity contribution is 0.122. The Balaban J connectivity index is 0.00000392. The van der Waals surface area contributed by atoms with Crippen molar-refractivity contribution in [2.24, 2.45) is 10.4 Å². The van der Waals surface area contributed by atoms with Crippen molar-refractivity contribution < 1.29 is 4.74 Å². The van der Waals surface area contributed by atoms with Gasteiger partial charge in [-0.1, -0.05) is 46.1 Å². The van der Waals surface area contributed by atoms with Crippen molar-refractivity contribution in [3.63, 3.8) is 0 Å². The highest BCUT2D eigenvalue weighted by molar-refractivity contribution is 14.0. The third-order valence-corrected chi connectivity index (χ3v) is 5.04. The number of nitrogens with one attached hydrogen (secondary N) is 2. The average molecular weight is 503 g/mol. The Bertz CT molecular complexity index is 588. The van der Waals surface area contributed by atoms with Crippen LogP contribution in [0.2, 0.25) is 0 Å². The van der Waals surface area contributed by atoms with Crippen LogP contribution in [-0.2, 0) is 11.3 Å². The maximum Gasteiger partial charge on any atom is 0.191 e. The third-order valence-electron chi connectivity index (χ3n) is 5.04. The lowest BCUT2D eigenvalue weighted by atomic mass is 9.87. The summed E-state index contributed by atoms with van der Waals surface area (Å²) >= 11 is 0. The maximum atomic E-state index is 5.46. The first-order valence-corrected chi connectivity index (χ1v) is 10.3. The third kappa shape index (κ3) is 8.51. The normalized spacial score (nSPS) is 15.1. The van der Waals surface area contributed by atoms with Crippen LogP contribution < -0.4 is 15.5 Å². The summed E-state index contributed by atoms with van der Waals surface area (Å²) in [5, 5.41) is 6.94. The van der Waals surface area contributed by atoms with E-state index < -0.39 is 0 Å². The summed E-state index contributed by atoms with van der Waals surface area (Å²) in [6, 6.07) is 4.13. The second-order valence-corrected chi connectivity index (χ2v) is 7.99. The molecule has 0 bridgehead atoms. The highest BCUT2D eigenvalue weighted by Crippen LogP contribution is 2.22. The van der Waals surface area contributed by atoms with Crippen LogP contribution in [0.1, 0.15) is 52.0 Å². The van der Waals surface area contributed by atoms with Gasteiger partial charge in [0.15, 0.2) is 5.96 Å². The largest absolute Gasteiger partial charge is 0.378 e. The Kier molecular flexibility index (Phi) is 11.8. The molecule has 0 aromatic carbocycles. The highest BCUT2D eigenvalue weighted by atomic mass is 127. The molecule has 0 radical (unpaired) electrons. The molecule has 2 N–H and O–H groups in total. The number of nitrogens with zero attached hydrogens (tertiary/aromatic N) is 3. The maximum absolute atomic E-state index is 5.46. The zero-order chi connectivity index (χ0) is 19.5. The summed E-state index contributed by atoms with van der Waals surface area (Å²) in [5.74, 6) is 1.89. The van der Waals surface area contributed by atoms with Crippen LogP contribution in [0.3, 0.4) is 0 Å². The lowest BCUT2D eigenvalue weighted by Crippen LogP contribution is -2.42. The average Bonchev–Trinajstić information content (AvgIpc) is 2.69. The standard InChI is InChI=1S/C21H37N5O.HI/c1-5-6-7-10-21(2,3)17-25-20(22-4)24-16-18-9-8-11-23-19(18)26-12-14-27-15-13-26;/h8-9,11H,5-7,10,12-17H2,1-4H3,(H2,22,24,25);1H. The number of halogens is 1. The molecule has 0 spiro atoms. The fourth-order valence-corrected chi connectivity index (χ4v) is 3.29. The molecule has 0 atom stereocenters. The molecular formula is C21H38IN5O. The highest BCUT2D eigenvalue weighted by Gasteiger charge is 2.18. The molecule has 0 saturated carbocycles. The van der Waals surface area contributed by atoms with E-state index in [-0.39, 0.29) is 29.4 Å². The van der Waals surface area contributed by atoms with E-state index in [2.05, 4.69) is 52.3 Å². The van der Waals surface area contributed by atoms with Crippen molar-refractivity contribution in [1.82, 2.24) is 15.6 Å². The van der Waals surface area contributed by atoms with Crippen LogP contribution in [0.4, 0.5) is 5.82 Å². The van der Waals surface area contributed by atoms with Gasteiger partial charge < -0.3 is 20.3 Å². The van der Waals surface area contributed by atoms with Gasteiger partial charge in [-0.25, -0.2) is 4.98 Å². The molecule has 1 fully saturated rings. The van der Waals surface area contributed by atoms with Crippen LogP contribution in [0.15, 0.2) is 23.3 Å². The van der Waals surface area contributed by atoms with E-state index in [1.54, 1.807) is 0 Å². The first kappa shape index (κ1) is 24.9. The number of guanidine groups is 1. The Labute approximate surface area is 187 Å². The number of morpholine rings is 1. The zero-order valence-corrected chi connectivity index (χ0v) is 20.3. The SMILES string of the molecule is CCCCCC(C)(C)CNC(=NC)NCc1cccnc1N1CCOCC1.I. The summed E-state index contributed by atoms with van der Waals surface area (Å²) in [4.78, 5) is 11.3. The molecule has 1 saturated heterocycles. The topological polar surface area (TPSA) is 61.8 Å². The lowest BCUT2D eigenvalue weighted by Gasteiger charge is -2.29. The molecule has 28 heavy (non-hydrogen) atoms. The number of aromatic nitrogens is 1. The van der Waals surface area contributed by atoms with E-state index in [4.69, 9.17) is 4.74 Å². The van der Waals surface area contributed by atoms with Gasteiger partial charge in [0.2, 0.25) is 0 Å². The molecule has 6 nitrogen and oxygen atoms in total. The van der Waals surface area contributed by atoms with E-state index in [0.717, 1.165) is 44.6 Å². The van der Waals surface area contributed by atoms with Gasteiger partial charge >= 0.3 is 0 Å². The van der Waals surface area contributed by atoms with E-state index in [0.29, 0.717) is 6.54 Å². The van der Waals surface area contributed by atoms with E-state index in [1.165, 1.54) is 31.2 Å². The van der Waals surface area contributed by atoms with Gasteiger partial charge in [-0.05, 0) is 17.9 Å². The molecule has 0 aliphatic carbocycles. The smallest absolute Gasteiger partial charge is 0.191 e. The molecule has 0 unspecified atom stereocenters. The van der Waals surface area contributed by atoms with Crippen LogP contribution in [-0.4, -0.2) is 50.8 Å². The van der Waals surface area contributed by atoms with Crippen LogP contribution in [0, 0.1) is 5.41 Å². The minimum Gasteiger partial charge on any atom is -0.378 e. The monoisotopic (exact) mass is 503 g/mol. The molecule has 0 amide bonds. The fourth-order valence-electron chi connectivity index (χ4n) is 3.29.